The van der Waals surface area contributed by atoms with Gasteiger partial charge in [-0.3, -0.25) is 4.90 Å². The molecule has 1 fully saturated rings. The van der Waals surface area contributed by atoms with E-state index in [2.05, 4.69) is 0 Å². The third-order valence-corrected chi connectivity index (χ3v) is 4.83. The maximum Gasteiger partial charge on any atom is 0.411 e. The highest BCUT2D eigenvalue weighted by Crippen LogP contribution is 2.25. The Hall–Kier alpha value is -2.77. The molecule has 28 heavy (non-hydrogen) atoms. The first-order chi connectivity index (χ1) is 13.1. The van der Waals surface area contributed by atoms with Crippen LogP contribution in [0.3, 0.4) is 0 Å². The van der Waals surface area contributed by atoms with Gasteiger partial charge in [0.05, 0.1) is 6.54 Å². The Bertz CT molecular complexity index is 772. The van der Waals surface area contributed by atoms with Crippen molar-refractivity contribution in [3.8, 4) is 0 Å². The van der Waals surface area contributed by atoms with Gasteiger partial charge in [-0.2, -0.15) is 0 Å². The van der Waals surface area contributed by atoms with Gasteiger partial charge in [0.15, 0.2) is 0 Å². The van der Waals surface area contributed by atoms with Crippen LogP contribution in [0.5, 0.6) is 0 Å². The molecule has 3 rings (SSSR count). The molecule has 1 aromatic carbocycles. The normalized spacial score (nSPS) is 21.8. The Balaban J connectivity index is 1.62. The van der Waals surface area contributed by atoms with E-state index in [-0.39, 0.29) is 13.0 Å². The van der Waals surface area contributed by atoms with Gasteiger partial charge >= 0.3 is 18.2 Å². The molecule has 2 aliphatic heterocycles. The van der Waals surface area contributed by atoms with E-state index in [9.17, 15) is 19.5 Å². The van der Waals surface area contributed by atoms with Crippen LogP contribution in [0, 0.1) is 0 Å². The molecule has 0 bridgehead atoms. The molecular formula is C20H26N2O6. The number of amides is 2. The second-order valence-electron chi connectivity index (χ2n) is 8.17. The number of benzene rings is 1. The molecule has 152 valence electrons. The fourth-order valence-electron chi connectivity index (χ4n) is 3.51. The van der Waals surface area contributed by atoms with Crippen LogP contribution >= 0.6 is 0 Å². The summed E-state index contributed by atoms with van der Waals surface area (Å²) in [6, 6.07) is 6.86. The van der Waals surface area contributed by atoms with Gasteiger partial charge in [-0.25, -0.2) is 14.4 Å². The van der Waals surface area contributed by atoms with Crippen molar-refractivity contribution in [1.29, 1.82) is 0 Å². The van der Waals surface area contributed by atoms with Crippen molar-refractivity contribution < 1.29 is 29.0 Å². The number of likely N-dealkylation sites (tertiary alicyclic amines) is 1. The first-order valence-electron chi connectivity index (χ1n) is 9.39. The molecule has 2 atom stereocenters. The van der Waals surface area contributed by atoms with Crippen molar-refractivity contribution in [2.45, 2.75) is 57.9 Å². The molecule has 0 spiro atoms. The van der Waals surface area contributed by atoms with Crippen LogP contribution in [0.2, 0.25) is 0 Å². The highest BCUT2D eigenvalue weighted by Gasteiger charge is 2.43. The van der Waals surface area contributed by atoms with Crippen molar-refractivity contribution in [2.75, 3.05) is 13.1 Å². The van der Waals surface area contributed by atoms with E-state index in [1.54, 1.807) is 25.7 Å². The molecule has 2 aliphatic rings. The van der Waals surface area contributed by atoms with E-state index in [0.29, 0.717) is 13.1 Å². The zero-order valence-corrected chi connectivity index (χ0v) is 16.4. The van der Waals surface area contributed by atoms with E-state index in [0.717, 1.165) is 16.9 Å². The Kier molecular flexibility index (Phi) is 5.49. The summed E-state index contributed by atoms with van der Waals surface area (Å²) in [6.45, 7) is 6.13. The Morgan fingerprint density at radius 2 is 1.79 bits per heavy atom. The molecule has 1 saturated heterocycles. The van der Waals surface area contributed by atoms with Crippen molar-refractivity contribution in [2.24, 2.45) is 0 Å². The van der Waals surface area contributed by atoms with Gasteiger partial charge in [0.2, 0.25) is 0 Å². The summed E-state index contributed by atoms with van der Waals surface area (Å²) in [6.07, 6.45) is -1.10. The fraction of sp³-hybridized carbons (Fsp3) is 0.550. The molecule has 0 radical (unpaired) electrons. The average molecular weight is 390 g/mol. The lowest BCUT2D eigenvalue weighted by Gasteiger charge is -2.29. The standard InChI is InChI=1S/C20H26N2O6/c1-20(2,3)28-19(26)22-12-15(10-16(22)17(23)24)27-18(25)21-9-8-13-6-4-5-7-14(13)11-21/h4-7,15-16H,8-12H2,1-3H3,(H,23,24)/t15-,16+/m1/s1. The fourth-order valence-corrected chi connectivity index (χ4v) is 3.51. The van der Waals surface area contributed by atoms with Crippen LogP contribution in [-0.4, -0.2) is 63.9 Å². The van der Waals surface area contributed by atoms with E-state index in [1.807, 2.05) is 24.3 Å². The highest BCUT2D eigenvalue weighted by molar-refractivity contribution is 5.81. The minimum absolute atomic E-state index is 0.00203. The lowest BCUT2D eigenvalue weighted by molar-refractivity contribution is -0.142. The number of rotatable bonds is 2. The van der Waals surface area contributed by atoms with Crippen LogP contribution in [0.15, 0.2) is 24.3 Å². The summed E-state index contributed by atoms with van der Waals surface area (Å²) in [4.78, 5) is 39.2. The van der Waals surface area contributed by atoms with Gasteiger partial charge in [-0.15, -0.1) is 0 Å². The van der Waals surface area contributed by atoms with Gasteiger partial charge in [0, 0.05) is 19.5 Å². The number of nitrogens with zero attached hydrogens (tertiary/aromatic N) is 2. The Labute approximate surface area is 164 Å². The zero-order valence-electron chi connectivity index (χ0n) is 16.4. The maximum absolute atomic E-state index is 12.6. The van der Waals surface area contributed by atoms with Crippen molar-refractivity contribution in [1.82, 2.24) is 9.80 Å². The average Bonchev–Trinajstić information content (AvgIpc) is 3.04. The van der Waals surface area contributed by atoms with Gasteiger partial charge in [-0.1, -0.05) is 24.3 Å². The van der Waals surface area contributed by atoms with Crippen LogP contribution in [0.1, 0.15) is 38.3 Å². The monoisotopic (exact) mass is 390 g/mol. The first-order valence-corrected chi connectivity index (χ1v) is 9.39. The lowest BCUT2D eigenvalue weighted by atomic mass is 10.0. The third-order valence-electron chi connectivity index (χ3n) is 4.83. The number of fused-ring (bicyclic) bond motifs is 1. The van der Waals surface area contributed by atoms with E-state index < -0.39 is 35.9 Å². The van der Waals surface area contributed by atoms with Crippen LogP contribution < -0.4 is 0 Å². The molecule has 1 N–H and O–H groups in total. The molecule has 0 unspecified atom stereocenters. The maximum atomic E-state index is 12.6. The SMILES string of the molecule is CC(C)(C)OC(=O)N1C[C@H](OC(=O)N2CCc3ccccc3C2)C[C@H]1C(=O)O. The Morgan fingerprint density at radius 1 is 1.11 bits per heavy atom. The number of carboxylic acid groups (broad SMARTS) is 1. The van der Waals surface area contributed by atoms with Crippen molar-refractivity contribution in [3.05, 3.63) is 35.4 Å². The van der Waals surface area contributed by atoms with Gasteiger partial charge in [-0.05, 0) is 38.3 Å². The summed E-state index contributed by atoms with van der Waals surface area (Å²) in [5.41, 5.74) is 1.56. The molecule has 0 saturated carbocycles. The summed E-state index contributed by atoms with van der Waals surface area (Å²) >= 11 is 0. The second-order valence-corrected chi connectivity index (χ2v) is 8.17. The molecule has 0 aromatic heterocycles. The molecular weight excluding hydrogens is 364 g/mol. The predicted octanol–water partition coefficient (Wildman–Crippen LogP) is 2.64. The predicted molar refractivity (Wildman–Crippen MR) is 99.8 cm³/mol. The number of aliphatic carboxylic acids is 1. The molecule has 1 aromatic rings. The zero-order chi connectivity index (χ0) is 20.5. The quantitative estimate of drug-likeness (QED) is 0.834. The highest BCUT2D eigenvalue weighted by atomic mass is 16.6. The summed E-state index contributed by atoms with van der Waals surface area (Å²) in [7, 11) is 0. The number of hydrogen-bond donors (Lipinski definition) is 1. The molecule has 8 nitrogen and oxygen atoms in total. The number of carbonyl (C=O) groups excluding carboxylic acids is 2. The van der Waals surface area contributed by atoms with Gasteiger partial charge in [0.25, 0.3) is 0 Å². The van der Waals surface area contributed by atoms with Crippen molar-refractivity contribution in [3.63, 3.8) is 0 Å². The number of ether oxygens (including phenoxy) is 2. The van der Waals surface area contributed by atoms with E-state index >= 15 is 0 Å². The van der Waals surface area contributed by atoms with Gasteiger partial charge < -0.3 is 19.5 Å². The molecule has 8 heteroatoms. The number of carboxylic acids is 1. The largest absolute Gasteiger partial charge is 0.480 e. The smallest absolute Gasteiger partial charge is 0.411 e. The third kappa shape index (κ3) is 4.55. The summed E-state index contributed by atoms with van der Waals surface area (Å²) in [5, 5.41) is 9.44. The molecule has 0 aliphatic carbocycles. The van der Waals surface area contributed by atoms with Gasteiger partial charge in [0.1, 0.15) is 17.7 Å². The van der Waals surface area contributed by atoms with Crippen LogP contribution in [0.25, 0.3) is 0 Å². The molecule has 2 amide bonds. The van der Waals surface area contributed by atoms with Crippen LogP contribution in [0.4, 0.5) is 9.59 Å². The first kappa shape index (κ1) is 20.0. The topological polar surface area (TPSA) is 96.4 Å². The number of hydrogen-bond acceptors (Lipinski definition) is 5. The van der Waals surface area contributed by atoms with Crippen molar-refractivity contribution >= 4 is 18.2 Å². The second kappa shape index (κ2) is 7.69. The van der Waals surface area contributed by atoms with E-state index in [1.165, 1.54) is 5.56 Å². The Morgan fingerprint density at radius 3 is 2.43 bits per heavy atom. The minimum atomic E-state index is -1.14. The molecule has 2 heterocycles. The summed E-state index contributed by atoms with van der Waals surface area (Å²) < 4.78 is 10.8. The minimum Gasteiger partial charge on any atom is -0.480 e. The number of carbonyl (C=O) groups is 3. The lowest BCUT2D eigenvalue weighted by Crippen LogP contribution is -2.43. The van der Waals surface area contributed by atoms with E-state index in [4.69, 9.17) is 9.47 Å². The van der Waals surface area contributed by atoms with Crippen LogP contribution in [-0.2, 0) is 27.2 Å². The summed E-state index contributed by atoms with van der Waals surface area (Å²) in [5.74, 6) is -1.14.